The topological polar surface area (TPSA) is 89.7 Å². The maximum Gasteiger partial charge on any atom is 0.328 e. The zero-order valence-electron chi connectivity index (χ0n) is 10.2. The summed E-state index contributed by atoms with van der Waals surface area (Å²) in [7, 11) is 1.28. The smallest absolute Gasteiger partial charge is 0.328 e. The number of nitrogens with two attached hydrogens (primary N) is 1. The number of methoxy groups -OCH3 is 1. The molecule has 0 aromatic heterocycles. The Morgan fingerprint density at radius 2 is 1.94 bits per heavy atom. The minimum absolute atomic E-state index is 0.0162. The number of nitrogens with zero attached hydrogens (tertiary/aromatic N) is 1. The summed E-state index contributed by atoms with van der Waals surface area (Å²) in [4.78, 5) is 36.7. The molecule has 2 amide bonds. The van der Waals surface area contributed by atoms with Crippen molar-refractivity contribution in [2.45, 2.75) is 24.8 Å². The van der Waals surface area contributed by atoms with Gasteiger partial charge in [-0.25, -0.2) is 4.79 Å². The first kappa shape index (κ1) is 11.6. The van der Waals surface area contributed by atoms with E-state index in [1.54, 1.807) is 0 Å². The molecule has 98 valence electrons. The van der Waals surface area contributed by atoms with Gasteiger partial charge < -0.3 is 10.5 Å². The molecule has 0 spiro atoms. The molecule has 3 aliphatic rings. The van der Waals surface area contributed by atoms with E-state index in [-0.39, 0.29) is 36.1 Å². The van der Waals surface area contributed by atoms with Crippen LogP contribution in [0.15, 0.2) is 0 Å². The van der Waals surface area contributed by atoms with Crippen molar-refractivity contribution in [3.8, 4) is 0 Å². The second-order valence-corrected chi connectivity index (χ2v) is 5.52. The van der Waals surface area contributed by atoms with Gasteiger partial charge >= 0.3 is 5.97 Å². The Morgan fingerprint density at radius 3 is 2.39 bits per heavy atom. The summed E-state index contributed by atoms with van der Waals surface area (Å²) in [6.07, 6.45) is 2.34. The molecule has 0 aromatic rings. The highest BCUT2D eigenvalue weighted by Crippen LogP contribution is 2.48. The highest BCUT2D eigenvalue weighted by molar-refractivity contribution is 6.09. The average Bonchev–Trinajstić information content (AvgIpc) is 3.22. The van der Waals surface area contributed by atoms with Crippen LogP contribution in [0.4, 0.5) is 0 Å². The molecule has 2 N–H and O–H groups in total. The fourth-order valence-corrected chi connectivity index (χ4v) is 2.82. The van der Waals surface area contributed by atoms with Crippen LogP contribution in [0, 0.1) is 17.8 Å². The third kappa shape index (κ3) is 1.48. The maximum atomic E-state index is 11.9. The summed E-state index contributed by atoms with van der Waals surface area (Å²) < 4.78 is 4.72. The Kier molecular flexibility index (Phi) is 2.29. The Hall–Kier alpha value is -1.43. The lowest BCUT2D eigenvalue weighted by Crippen LogP contribution is -2.59. The zero-order valence-corrected chi connectivity index (χ0v) is 10.2. The van der Waals surface area contributed by atoms with E-state index in [1.807, 2.05) is 0 Å². The molecule has 1 aliphatic heterocycles. The lowest BCUT2D eigenvalue weighted by atomic mass is 9.93. The van der Waals surface area contributed by atoms with Crippen LogP contribution in [-0.2, 0) is 19.1 Å². The van der Waals surface area contributed by atoms with Gasteiger partial charge in [0.15, 0.2) is 0 Å². The quantitative estimate of drug-likeness (QED) is 0.526. The predicted molar refractivity (Wildman–Crippen MR) is 60.0 cm³/mol. The molecule has 3 rings (SSSR count). The number of ether oxygens (including phenoxy) is 1. The van der Waals surface area contributed by atoms with Crippen LogP contribution in [-0.4, -0.2) is 41.9 Å². The lowest BCUT2D eigenvalue weighted by Gasteiger charge is -2.30. The number of likely N-dealkylation sites (tertiary alicyclic amines) is 1. The van der Waals surface area contributed by atoms with Crippen LogP contribution < -0.4 is 5.73 Å². The molecule has 6 heteroatoms. The van der Waals surface area contributed by atoms with Crippen LogP contribution in [0.25, 0.3) is 0 Å². The molecule has 1 heterocycles. The third-order valence-electron chi connectivity index (χ3n) is 4.25. The number of piperidine rings is 1. The summed E-state index contributed by atoms with van der Waals surface area (Å²) in [5.41, 5.74) is 4.88. The molecular formula is C12H16N2O4. The van der Waals surface area contributed by atoms with Crippen molar-refractivity contribution in [1.29, 1.82) is 0 Å². The van der Waals surface area contributed by atoms with Crippen molar-refractivity contribution in [1.82, 2.24) is 4.90 Å². The van der Waals surface area contributed by atoms with Crippen molar-refractivity contribution >= 4 is 17.8 Å². The minimum Gasteiger partial charge on any atom is -0.468 e. The number of hydrogen-bond donors (Lipinski definition) is 1. The van der Waals surface area contributed by atoms with Gasteiger partial charge in [-0.2, -0.15) is 0 Å². The standard InChI is InChI=1S/C12H16N2O4/c1-18-11(17)12(13,6-2-3-6)5-14-9(15)7-4-8(7)10(14)16/h6-8H,2-5,13H2,1H3. The van der Waals surface area contributed by atoms with E-state index in [0.717, 1.165) is 17.7 Å². The molecule has 3 unspecified atom stereocenters. The molecule has 0 radical (unpaired) electrons. The number of esters is 1. The van der Waals surface area contributed by atoms with Gasteiger partial charge in [0.05, 0.1) is 25.5 Å². The molecule has 1 saturated heterocycles. The van der Waals surface area contributed by atoms with Crippen molar-refractivity contribution in [3.05, 3.63) is 0 Å². The normalized spacial score (nSPS) is 33.1. The predicted octanol–water partition coefficient (Wildman–Crippen LogP) is -0.728. The van der Waals surface area contributed by atoms with Crippen LogP contribution in [0.3, 0.4) is 0 Å². The van der Waals surface area contributed by atoms with Crippen molar-refractivity contribution < 1.29 is 19.1 Å². The van der Waals surface area contributed by atoms with E-state index in [9.17, 15) is 14.4 Å². The molecule has 6 nitrogen and oxygen atoms in total. The van der Waals surface area contributed by atoms with Crippen molar-refractivity contribution in [3.63, 3.8) is 0 Å². The Morgan fingerprint density at radius 1 is 1.39 bits per heavy atom. The number of carbonyl (C=O) groups is 3. The van der Waals surface area contributed by atoms with Gasteiger partial charge in [0.1, 0.15) is 5.54 Å². The number of fused-ring (bicyclic) bond motifs is 1. The first-order valence-electron chi connectivity index (χ1n) is 6.21. The summed E-state index contributed by atoms with van der Waals surface area (Å²) >= 11 is 0. The summed E-state index contributed by atoms with van der Waals surface area (Å²) in [5, 5.41) is 0. The number of rotatable bonds is 4. The van der Waals surface area contributed by atoms with E-state index >= 15 is 0 Å². The number of amides is 2. The molecule has 18 heavy (non-hydrogen) atoms. The van der Waals surface area contributed by atoms with Gasteiger partial charge in [0.25, 0.3) is 0 Å². The van der Waals surface area contributed by atoms with Crippen LogP contribution >= 0.6 is 0 Å². The van der Waals surface area contributed by atoms with Gasteiger partial charge in [-0.05, 0) is 25.2 Å². The van der Waals surface area contributed by atoms with Crippen LogP contribution in [0.5, 0.6) is 0 Å². The molecule has 0 bridgehead atoms. The highest BCUT2D eigenvalue weighted by atomic mass is 16.5. The second-order valence-electron chi connectivity index (χ2n) is 5.52. The average molecular weight is 252 g/mol. The Balaban J connectivity index is 1.79. The summed E-state index contributed by atoms with van der Waals surface area (Å²) in [6.45, 7) is -0.0327. The first-order valence-corrected chi connectivity index (χ1v) is 6.21. The number of hydrogen-bond acceptors (Lipinski definition) is 5. The molecule has 3 fully saturated rings. The van der Waals surface area contributed by atoms with Gasteiger partial charge in [-0.1, -0.05) is 0 Å². The maximum absolute atomic E-state index is 11.9. The lowest BCUT2D eigenvalue weighted by molar-refractivity contribution is -0.151. The van der Waals surface area contributed by atoms with Crippen molar-refractivity contribution in [2.75, 3.05) is 13.7 Å². The third-order valence-corrected chi connectivity index (χ3v) is 4.25. The largest absolute Gasteiger partial charge is 0.468 e. The molecular weight excluding hydrogens is 236 g/mol. The Bertz CT molecular complexity index is 425. The van der Waals surface area contributed by atoms with Gasteiger partial charge in [-0.3, -0.25) is 14.5 Å². The summed E-state index contributed by atoms with van der Waals surface area (Å²) in [6, 6.07) is 0. The van der Waals surface area contributed by atoms with Gasteiger partial charge in [0, 0.05) is 0 Å². The van der Waals surface area contributed by atoms with Crippen molar-refractivity contribution in [2.24, 2.45) is 23.5 Å². The summed E-state index contributed by atoms with van der Waals surface area (Å²) in [5.74, 6) is -1.18. The SMILES string of the molecule is COC(=O)C(N)(CN1C(=O)C2CC2C1=O)C1CC1. The van der Waals surface area contributed by atoms with E-state index < -0.39 is 11.5 Å². The van der Waals surface area contributed by atoms with Gasteiger partial charge in [-0.15, -0.1) is 0 Å². The Labute approximate surface area is 104 Å². The highest BCUT2D eigenvalue weighted by Gasteiger charge is 2.61. The minimum atomic E-state index is -1.23. The molecule has 2 aliphatic carbocycles. The van der Waals surface area contributed by atoms with Crippen LogP contribution in [0.1, 0.15) is 19.3 Å². The molecule has 3 atom stereocenters. The van der Waals surface area contributed by atoms with Crippen LogP contribution in [0.2, 0.25) is 0 Å². The first-order chi connectivity index (χ1) is 8.49. The fraction of sp³-hybridized carbons (Fsp3) is 0.750. The zero-order chi connectivity index (χ0) is 13.1. The monoisotopic (exact) mass is 252 g/mol. The fourth-order valence-electron chi connectivity index (χ4n) is 2.82. The number of imide groups is 1. The van der Waals surface area contributed by atoms with Gasteiger partial charge in [0.2, 0.25) is 11.8 Å². The number of carbonyl (C=O) groups excluding carboxylic acids is 3. The molecule has 0 aromatic carbocycles. The van der Waals surface area contributed by atoms with E-state index in [2.05, 4.69) is 0 Å². The van der Waals surface area contributed by atoms with E-state index in [4.69, 9.17) is 10.5 Å². The van der Waals surface area contributed by atoms with E-state index in [0.29, 0.717) is 6.42 Å². The van der Waals surface area contributed by atoms with E-state index in [1.165, 1.54) is 7.11 Å². The second kappa shape index (κ2) is 3.54. The molecule has 2 saturated carbocycles.